The van der Waals surface area contributed by atoms with Crippen molar-refractivity contribution in [1.29, 1.82) is 5.26 Å². The second-order valence-corrected chi connectivity index (χ2v) is 8.28. The molecule has 0 atom stereocenters. The summed E-state index contributed by atoms with van der Waals surface area (Å²) in [5, 5.41) is 12.6. The zero-order chi connectivity index (χ0) is 28.4. The van der Waals surface area contributed by atoms with E-state index in [1.807, 2.05) is 6.07 Å². The van der Waals surface area contributed by atoms with Crippen LogP contribution in [0.4, 0.5) is 24.8 Å². The van der Waals surface area contributed by atoms with Crippen molar-refractivity contribution in [3.05, 3.63) is 101 Å². The second kappa shape index (κ2) is 10.2. The number of alkyl halides is 3. The fourth-order valence-corrected chi connectivity index (χ4v) is 3.89. The lowest BCUT2D eigenvalue weighted by molar-refractivity contribution is -0.137. The van der Waals surface area contributed by atoms with Crippen LogP contribution in [0.1, 0.15) is 16.8 Å². The fraction of sp³-hybridized carbons (Fsp3) is 0.0769. The largest absolute Gasteiger partial charge is 0.450 e. The topological polar surface area (TPSA) is 150 Å². The van der Waals surface area contributed by atoms with Gasteiger partial charge in [0.15, 0.2) is 17.2 Å². The van der Waals surface area contributed by atoms with Gasteiger partial charge in [0.2, 0.25) is 5.95 Å². The minimum absolute atomic E-state index is 0.0279. The number of pyridine rings is 4. The van der Waals surface area contributed by atoms with Crippen LogP contribution in [0, 0.1) is 11.3 Å². The Kier molecular flexibility index (Phi) is 6.62. The summed E-state index contributed by atoms with van der Waals surface area (Å²) in [7, 11) is 1.51. The van der Waals surface area contributed by atoms with E-state index in [0.29, 0.717) is 18.0 Å². The molecule has 14 heteroatoms. The van der Waals surface area contributed by atoms with E-state index in [4.69, 9.17) is 10.5 Å². The molecule has 200 valence electrons. The molecule has 0 bridgehead atoms. The summed E-state index contributed by atoms with van der Waals surface area (Å²) in [5.41, 5.74) is 4.33. The van der Waals surface area contributed by atoms with Crippen molar-refractivity contribution in [2.75, 3.05) is 5.32 Å². The van der Waals surface area contributed by atoms with Crippen molar-refractivity contribution >= 4 is 28.6 Å². The van der Waals surface area contributed by atoms with Crippen LogP contribution in [-0.4, -0.2) is 29.1 Å². The highest BCUT2D eigenvalue weighted by molar-refractivity contribution is 5.84. The number of nitrogens with one attached hydrogen (secondary N) is 1. The lowest BCUT2D eigenvalue weighted by Crippen LogP contribution is -2.24. The van der Waals surface area contributed by atoms with Crippen LogP contribution in [0.5, 0.6) is 5.75 Å². The Balaban J connectivity index is 1.59. The summed E-state index contributed by atoms with van der Waals surface area (Å²) >= 11 is 0. The van der Waals surface area contributed by atoms with Gasteiger partial charge in [-0.1, -0.05) is 6.07 Å². The lowest BCUT2D eigenvalue weighted by Gasteiger charge is -2.14. The van der Waals surface area contributed by atoms with Gasteiger partial charge >= 0.3 is 6.18 Å². The molecule has 0 saturated heterocycles. The average molecular weight is 545 g/mol. The number of aromatic nitrogens is 6. The number of nitriles is 1. The molecule has 5 rings (SSSR count). The third kappa shape index (κ3) is 4.78. The van der Waals surface area contributed by atoms with Crippen molar-refractivity contribution in [2.45, 2.75) is 6.18 Å². The van der Waals surface area contributed by atoms with Crippen LogP contribution in [0.2, 0.25) is 0 Å². The zero-order valence-electron chi connectivity index (χ0n) is 20.6. The first-order chi connectivity index (χ1) is 19.2. The molecule has 0 aliphatic heterocycles. The van der Waals surface area contributed by atoms with E-state index in [0.717, 1.165) is 4.57 Å². The molecule has 0 radical (unpaired) electrons. The molecular weight excluding hydrogens is 527 g/mol. The minimum Gasteiger partial charge on any atom is -0.450 e. The number of rotatable bonds is 6. The van der Waals surface area contributed by atoms with Crippen molar-refractivity contribution < 1.29 is 17.9 Å². The van der Waals surface area contributed by atoms with Crippen molar-refractivity contribution in [2.24, 2.45) is 12.8 Å². The maximum Gasteiger partial charge on any atom is 0.417 e. The normalized spacial score (nSPS) is 11.8. The third-order valence-electron chi connectivity index (χ3n) is 5.78. The summed E-state index contributed by atoms with van der Waals surface area (Å²) in [6, 6.07) is 10.8. The Hall–Kier alpha value is -5.71. The highest BCUT2D eigenvalue weighted by Crippen LogP contribution is 2.33. The van der Waals surface area contributed by atoms with Gasteiger partial charge in [-0.15, -0.1) is 0 Å². The highest BCUT2D eigenvalue weighted by atomic mass is 19.4. The molecule has 5 aromatic rings. The number of anilines is 2. The van der Waals surface area contributed by atoms with Gasteiger partial charge in [-0.25, -0.2) is 4.98 Å². The molecule has 0 spiro atoms. The number of hydrogen-bond acceptors (Lipinski definition) is 9. The third-order valence-corrected chi connectivity index (χ3v) is 5.78. The lowest BCUT2D eigenvalue weighted by atomic mass is 10.2. The predicted octanol–water partition coefficient (Wildman–Crippen LogP) is 3.88. The Morgan fingerprint density at radius 2 is 2.00 bits per heavy atom. The van der Waals surface area contributed by atoms with E-state index in [1.54, 1.807) is 24.4 Å². The Bertz CT molecular complexity index is 1840. The number of fused-ring (bicyclic) bond motifs is 1. The standard InChI is InChI=1S/C26H18F3N9O2/c1-37-22-17(10-30)21(40-20(11-31)18-6-2-3-8-33-18)13-34-23(22)36-25(37)35-19-9-15(26(27,28)29)14-38(24(19)39)16-5-4-7-32-12-16/h2-9,11-14H,31H2,1H3,(H,34,35,36). The van der Waals surface area contributed by atoms with E-state index in [-0.39, 0.29) is 39.9 Å². The Labute approximate surface area is 223 Å². The summed E-state index contributed by atoms with van der Waals surface area (Å²) in [4.78, 5) is 29.8. The smallest absolute Gasteiger partial charge is 0.417 e. The van der Waals surface area contributed by atoms with Gasteiger partial charge in [-0.2, -0.15) is 23.4 Å². The molecule has 0 saturated carbocycles. The van der Waals surface area contributed by atoms with Gasteiger partial charge < -0.3 is 20.4 Å². The molecule has 0 aromatic carbocycles. The maximum absolute atomic E-state index is 13.7. The van der Waals surface area contributed by atoms with Gasteiger partial charge in [0.25, 0.3) is 5.56 Å². The van der Waals surface area contributed by atoms with Crippen LogP contribution in [0.15, 0.2) is 78.4 Å². The van der Waals surface area contributed by atoms with E-state index in [1.165, 1.54) is 48.5 Å². The van der Waals surface area contributed by atoms with Crippen LogP contribution < -0.4 is 21.3 Å². The number of ether oxygens (including phenoxy) is 1. The van der Waals surface area contributed by atoms with Gasteiger partial charge in [-0.3, -0.25) is 19.3 Å². The van der Waals surface area contributed by atoms with Gasteiger partial charge in [0, 0.05) is 31.8 Å². The molecule has 5 heterocycles. The van der Waals surface area contributed by atoms with E-state index in [2.05, 4.69) is 25.3 Å². The SMILES string of the molecule is Cn1c(Nc2cc(C(F)(F)F)cn(-c3cccnc3)c2=O)nc2ncc(OC(=CN)c3ccccn3)c(C#N)c21. The van der Waals surface area contributed by atoms with Crippen LogP contribution in [0.25, 0.3) is 22.6 Å². The molecule has 0 amide bonds. The molecule has 11 nitrogen and oxygen atoms in total. The number of nitrogens with zero attached hydrogens (tertiary/aromatic N) is 7. The van der Waals surface area contributed by atoms with Crippen molar-refractivity contribution in [3.63, 3.8) is 0 Å². The van der Waals surface area contributed by atoms with Gasteiger partial charge in [0.1, 0.15) is 28.5 Å². The molecule has 5 aromatic heterocycles. The quantitative estimate of drug-likeness (QED) is 0.303. The number of halogens is 3. The number of imidazole rings is 1. The summed E-state index contributed by atoms with van der Waals surface area (Å²) in [6.45, 7) is 0. The molecular formula is C26H18F3N9O2. The van der Waals surface area contributed by atoms with Crippen molar-refractivity contribution in [1.82, 2.24) is 29.1 Å². The van der Waals surface area contributed by atoms with E-state index < -0.39 is 23.0 Å². The summed E-state index contributed by atoms with van der Waals surface area (Å²) in [6.07, 6.45) is 2.65. The van der Waals surface area contributed by atoms with Crippen LogP contribution in [0.3, 0.4) is 0 Å². The molecule has 0 aliphatic carbocycles. The van der Waals surface area contributed by atoms with E-state index in [9.17, 15) is 23.2 Å². The second-order valence-electron chi connectivity index (χ2n) is 8.28. The minimum atomic E-state index is -4.75. The number of aryl methyl sites for hydroxylation is 1. The number of nitrogens with two attached hydrogens (primary N) is 1. The molecule has 0 fully saturated rings. The van der Waals surface area contributed by atoms with Crippen molar-refractivity contribution in [3.8, 4) is 17.5 Å². The first-order valence-corrected chi connectivity index (χ1v) is 11.5. The van der Waals surface area contributed by atoms with Gasteiger partial charge in [-0.05, 0) is 30.3 Å². The zero-order valence-corrected chi connectivity index (χ0v) is 20.6. The maximum atomic E-state index is 13.7. The summed E-state index contributed by atoms with van der Waals surface area (Å²) < 4.78 is 49.2. The van der Waals surface area contributed by atoms with Crippen LogP contribution in [-0.2, 0) is 13.2 Å². The fourth-order valence-electron chi connectivity index (χ4n) is 3.89. The average Bonchev–Trinajstić information content (AvgIpc) is 3.27. The first-order valence-electron chi connectivity index (χ1n) is 11.5. The molecule has 0 aliphatic rings. The predicted molar refractivity (Wildman–Crippen MR) is 138 cm³/mol. The highest BCUT2D eigenvalue weighted by Gasteiger charge is 2.33. The van der Waals surface area contributed by atoms with Gasteiger partial charge in [0.05, 0.1) is 23.6 Å². The molecule has 3 N–H and O–H groups in total. The first kappa shape index (κ1) is 25.9. The van der Waals surface area contributed by atoms with E-state index >= 15 is 0 Å². The Morgan fingerprint density at radius 1 is 1.18 bits per heavy atom. The monoisotopic (exact) mass is 545 g/mol. The van der Waals surface area contributed by atoms with Crippen LogP contribution >= 0.6 is 0 Å². The number of hydrogen-bond donors (Lipinski definition) is 2. The molecule has 40 heavy (non-hydrogen) atoms. The molecule has 0 unspecified atom stereocenters. The summed E-state index contributed by atoms with van der Waals surface area (Å²) in [5.74, 6) is 0.174. The Morgan fingerprint density at radius 3 is 2.65 bits per heavy atom.